The summed E-state index contributed by atoms with van der Waals surface area (Å²) in [6, 6.07) is 0.129. The lowest BCUT2D eigenvalue weighted by Crippen LogP contribution is -2.39. The standard InChI is InChI=1S/C14H19N3O3/c1-8(2)16-6-5-15-12(13(16)18)17-9-3-4-11(17)10(7-9)14(19)20/h5-6,8-11H,3-4,7H2,1-2H3,(H,19,20). The van der Waals surface area contributed by atoms with Crippen molar-refractivity contribution < 1.29 is 9.90 Å². The summed E-state index contributed by atoms with van der Waals surface area (Å²) in [6.45, 7) is 3.90. The number of anilines is 1. The largest absolute Gasteiger partial charge is 0.481 e. The Kier molecular flexibility index (Phi) is 3.03. The van der Waals surface area contributed by atoms with E-state index in [2.05, 4.69) is 4.98 Å². The molecule has 0 radical (unpaired) electrons. The van der Waals surface area contributed by atoms with Gasteiger partial charge < -0.3 is 14.6 Å². The van der Waals surface area contributed by atoms with Crippen LogP contribution in [-0.4, -0.2) is 32.7 Å². The highest BCUT2D eigenvalue weighted by Crippen LogP contribution is 2.43. The zero-order chi connectivity index (χ0) is 14.4. The number of carbonyl (C=O) groups is 1. The fraction of sp³-hybridized carbons (Fsp3) is 0.643. The molecule has 1 aromatic heterocycles. The molecule has 2 aliphatic rings. The van der Waals surface area contributed by atoms with Crippen LogP contribution in [0, 0.1) is 5.92 Å². The topological polar surface area (TPSA) is 75.4 Å². The summed E-state index contributed by atoms with van der Waals surface area (Å²) in [5, 5.41) is 9.28. The summed E-state index contributed by atoms with van der Waals surface area (Å²) in [7, 11) is 0. The Hall–Kier alpha value is -1.85. The molecule has 1 aromatic rings. The minimum Gasteiger partial charge on any atom is -0.481 e. The number of fused-ring (bicyclic) bond motifs is 2. The quantitative estimate of drug-likeness (QED) is 0.900. The SMILES string of the molecule is CC(C)n1ccnc(N2C3CCC2C(C(=O)O)C3)c1=O. The van der Waals surface area contributed by atoms with E-state index < -0.39 is 5.97 Å². The van der Waals surface area contributed by atoms with Crippen molar-refractivity contribution in [3.8, 4) is 0 Å². The third-order valence-corrected chi connectivity index (χ3v) is 4.50. The maximum Gasteiger partial charge on any atom is 0.308 e. The molecule has 2 saturated heterocycles. The summed E-state index contributed by atoms with van der Waals surface area (Å²) in [5.74, 6) is -0.720. The highest BCUT2D eigenvalue weighted by molar-refractivity contribution is 5.73. The third kappa shape index (κ3) is 1.82. The Morgan fingerprint density at radius 3 is 2.80 bits per heavy atom. The number of carboxylic acids is 1. The molecule has 0 aromatic carbocycles. The van der Waals surface area contributed by atoms with Crippen LogP contribution >= 0.6 is 0 Å². The van der Waals surface area contributed by atoms with Crippen LogP contribution < -0.4 is 10.5 Å². The maximum absolute atomic E-state index is 12.5. The first-order valence-electron chi connectivity index (χ1n) is 7.09. The van der Waals surface area contributed by atoms with Crippen molar-refractivity contribution in [3.05, 3.63) is 22.7 Å². The minimum absolute atomic E-state index is 0.0692. The molecule has 3 heterocycles. The van der Waals surface area contributed by atoms with E-state index in [-0.39, 0.29) is 29.6 Å². The van der Waals surface area contributed by atoms with Crippen LogP contribution in [-0.2, 0) is 4.79 Å². The lowest BCUT2D eigenvalue weighted by molar-refractivity contribution is -0.142. The molecule has 0 amide bonds. The second-order valence-electron chi connectivity index (χ2n) is 5.94. The van der Waals surface area contributed by atoms with Crippen LogP contribution in [0.1, 0.15) is 39.2 Å². The zero-order valence-corrected chi connectivity index (χ0v) is 11.7. The molecule has 3 rings (SSSR count). The van der Waals surface area contributed by atoms with Gasteiger partial charge in [-0.3, -0.25) is 9.59 Å². The first-order chi connectivity index (χ1) is 9.50. The van der Waals surface area contributed by atoms with Crippen molar-refractivity contribution in [2.75, 3.05) is 4.90 Å². The van der Waals surface area contributed by atoms with Gasteiger partial charge in [0.05, 0.1) is 5.92 Å². The van der Waals surface area contributed by atoms with Gasteiger partial charge in [0.15, 0.2) is 5.82 Å². The van der Waals surface area contributed by atoms with Gasteiger partial charge in [-0.15, -0.1) is 0 Å². The molecule has 0 spiro atoms. The lowest BCUT2D eigenvalue weighted by atomic mass is 9.89. The molecule has 20 heavy (non-hydrogen) atoms. The van der Waals surface area contributed by atoms with Gasteiger partial charge in [-0.2, -0.15) is 0 Å². The summed E-state index contributed by atoms with van der Waals surface area (Å²) in [4.78, 5) is 30.0. The lowest BCUT2D eigenvalue weighted by Gasteiger charge is -2.24. The summed E-state index contributed by atoms with van der Waals surface area (Å²) < 4.78 is 1.65. The highest BCUT2D eigenvalue weighted by Gasteiger charge is 2.50. The number of hydrogen-bond acceptors (Lipinski definition) is 4. The van der Waals surface area contributed by atoms with E-state index >= 15 is 0 Å². The van der Waals surface area contributed by atoms with Crippen LogP contribution in [0.4, 0.5) is 5.82 Å². The predicted octanol–water partition coefficient (Wildman–Crippen LogP) is 1.27. The van der Waals surface area contributed by atoms with E-state index in [1.165, 1.54) is 0 Å². The first-order valence-corrected chi connectivity index (χ1v) is 7.09. The number of aliphatic carboxylic acids is 1. The monoisotopic (exact) mass is 277 g/mol. The van der Waals surface area contributed by atoms with Gasteiger partial charge in [-0.25, -0.2) is 4.98 Å². The fourth-order valence-electron chi connectivity index (χ4n) is 3.58. The van der Waals surface area contributed by atoms with Gasteiger partial charge in [0.25, 0.3) is 5.56 Å². The number of rotatable bonds is 3. The number of nitrogens with zero attached hydrogens (tertiary/aromatic N) is 3. The van der Waals surface area contributed by atoms with Gasteiger partial charge in [-0.1, -0.05) is 0 Å². The van der Waals surface area contributed by atoms with Crippen molar-refractivity contribution in [3.63, 3.8) is 0 Å². The molecule has 1 N–H and O–H groups in total. The molecule has 2 aliphatic heterocycles. The van der Waals surface area contributed by atoms with Crippen molar-refractivity contribution in [1.82, 2.24) is 9.55 Å². The molecule has 0 aliphatic carbocycles. The number of aromatic nitrogens is 2. The second kappa shape index (κ2) is 4.61. The Balaban J connectivity index is 2.01. The number of carboxylic acid groups (broad SMARTS) is 1. The average molecular weight is 277 g/mol. The molecule has 3 unspecified atom stereocenters. The van der Waals surface area contributed by atoms with Gasteiger partial charge in [0.2, 0.25) is 0 Å². The Morgan fingerprint density at radius 1 is 1.45 bits per heavy atom. The highest BCUT2D eigenvalue weighted by atomic mass is 16.4. The Labute approximate surface area is 117 Å². The smallest absolute Gasteiger partial charge is 0.308 e. The van der Waals surface area contributed by atoms with Crippen LogP contribution in [0.25, 0.3) is 0 Å². The van der Waals surface area contributed by atoms with Crippen molar-refractivity contribution >= 4 is 11.8 Å². The Morgan fingerprint density at radius 2 is 2.20 bits per heavy atom. The molecular formula is C14H19N3O3. The maximum atomic E-state index is 12.5. The van der Waals surface area contributed by atoms with Crippen molar-refractivity contribution in [2.45, 2.75) is 51.2 Å². The third-order valence-electron chi connectivity index (χ3n) is 4.50. The number of hydrogen-bond donors (Lipinski definition) is 1. The minimum atomic E-state index is -0.762. The van der Waals surface area contributed by atoms with Gasteiger partial charge in [0.1, 0.15) is 0 Å². The van der Waals surface area contributed by atoms with Gasteiger partial charge >= 0.3 is 5.97 Å². The van der Waals surface area contributed by atoms with E-state index in [0.29, 0.717) is 12.2 Å². The molecule has 0 saturated carbocycles. The van der Waals surface area contributed by atoms with Crippen LogP contribution in [0.15, 0.2) is 17.2 Å². The zero-order valence-electron chi connectivity index (χ0n) is 11.7. The van der Waals surface area contributed by atoms with Crippen LogP contribution in [0.5, 0.6) is 0 Å². The van der Waals surface area contributed by atoms with Crippen molar-refractivity contribution in [1.29, 1.82) is 0 Å². The van der Waals surface area contributed by atoms with Crippen molar-refractivity contribution in [2.24, 2.45) is 5.92 Å². The Bertz CT molecular complexity index is 596. The van der Waals surface area contributed by atoms with E-state index in [9.17, 15) is 14.7 Å². The molecule has 108 valence electrons. The van der Waals surface area contributed by atoms with Gasteiger partial charge in [-0.05, 0) is 33.1 Å². The molecule has 6 heteroatoms. The fourth-order valence-corrected chi connectivity index (χ4v) is 3.58. The average Bonchev–Trinajstić information content (AvgIpc) is 2.96. The molecule has 2 bridgehead atoms. The van der Waals surface area contributed by atoms with E-state index in [1.807, 2.05) is 18.7 Å². The summed E-state index contributed by atoms with van der Waals surface area (Å²) >= 11 is 0. The first kappa shape index (κ1) is 13.1. The van der Waals surface area contributed by atoms with E-state index in [4.69, 9.17) is 0 Å². The second-order valence-corrected chi connectivity index (χ2v) is 5.94. The van der Waals surface area contributed by atoms with E-state index in [1.54, 1.807) is 17.0 Å². The summed E-state index contributed by atoms with van der Waals surface area (Å²) in [5.41, 5.74) is -0.120. The molecule has 2 fully saturated rings. The predicted molar refractivity (Wildman–Crippen MR) is 73.9 cm³/mol. The normalized spacial score (nSPS) is 28.4. The van der Waals surface area contributed by atoms with Gasteiger partial charge in [0, 0.05) is 30.5 Å². The molecule has 6 nitrogen and oxygen atoms in total. The molecule has 3 atom stereocenters. The van der Waals surface area contributed by atoms with Crippen LogP contribution in [0.3, 0.4) is 0 Å². The van der Waals surface area contributed by atoms with Crippen LogP contribution in [0.2, 0.25) is 0 Å². The van der Waals surface area contributed by atoms with E-state index in [0.717, 1.165) is 12.8 Å². The summed E-state index contributed by atoms with van der Waals surface area (Å²) in [6.07, 6.45) is 5.72. The molecular weight excluding hydrogens is 258 g/mol.